The summed E-state index contributed by atoms with van der Waals surface area (Å²) >= 11 is 0. The van der Waals surface area contributed by atoms with Crippen molar-refractivity contribution in [1.82, 2.24) is 10.2 Å². The van der Waals surface area contributed by atoms with Crippen LogP contribution in [-0.2, 0) is 16.1 Å². The molecule has 1 aliphatic heterocycles. The monoisotopic (exact) mass is 290 g/mol. The summed E-state index contributed by atoms with van der Waals surface area (Å²) in [6.45, 7) is 5.25. The molecule has 1 aromatic rings. The van der Waals surface area contributed by atoms with Crippen LogP contribution in [0, 0.1) is 6.92 Å². The average molecular weight is 290 g/mol. The molecule has 1 fully saturated rings. The molecule has 0 spiro atoms. The topological polar surface area (TPSA) is 41.6 Å². The average Bonchev–Trinajstić information content (AvgIpc) is 2.97. The van der Waals surface area contributed by atoms with Crippen LogP contribution in [-0.4, -0.2) is 43.7 Å². The molecule has 1 aliphatic rings. The Bertz CT molecular complexity index is 439. The Morgan fingerprint density at radius 3 is 2.81 bits per heavy atom. The third kappa shape index (κ3) is 5.86. The van der Waals surface area contributed by atoms with Gasteiger partial charge in [0.25, 0.3) is 0 Å². The van der Waals surface area contributed by atoms with Crippen LogP contribution in [0.4, 0.5) is 0 Å². The molecular formula is C17H26N2O2. The largest absolute Gasteiger partial charge is 0.377 e. The van der Waals surface area contributed by atoms with E-state index in [1.807, 2.05) is 0 Å². The number of rotatable bonds is 7. The number of benzene rings is 1. The predicted octanol–water partition coefficient (Wildman–Crippen LogP) is 2.11. The fourth-order valence-corrected chi connectivity index (χ4v) is 2.51. The maximum absolute atomic E-state index is 11.9. The zero-order chi connectivity index (χ0) is 15.1. The van der Waals surface area contributed by atoms with E-state index in [2.05, 4.69) is 48.5 Å². The van der Waals surface area contributed by atoms with Crippen LogP contribution in [0.1, 0.15) is 30.4 Å². The van der Waals surface area contributed by atoms with Crippen molar-refractivity contribution in [1.29, 1.82) is 0 Å². The Labute approximate surface area is 127 Å². The molecular weight excluding hydrogens is 264 g/mol. The standard InChI is InChI=1S/C17H26N2O2/c1-14-5-7-15(8-6-14)12-18-17(20)9-10-19(2)13-16-4-3-11-21-16/h5-8,16H,3-4,9-13H2,1-2H3,(H,18,20)/t16-/m1/s1. The van der Waals surface area contributed by atoms with Gasteiger partial charge in [0.1, 0.15) is 0 Å². The minimum atomic E-state index is 0.106. The van der Waals surface area contributed by atoms with E-state index in [0.29, 0.717) is 19.1 Å². The molecule has 21 heavy (non-hydrogen) atoms. The zero-order valence-electron chi connectivity index (χ0n) is 13.1. The molecule has 1 heterocycles. The molecule has 0 aromatic heterocycles. The van der Waals surface area contributed by atoms with Gasteiger partial charge in [0.2, 0.25) is 5.91 Å². The first kappa shape index (κ1) is 16.0. The second-order valence-corrected chi connectivity index (χ2v) is 5.91. The quantitative estimate of drug-likeness (QED) is 0.836. The fourth-order valence-electron chi connectivity index (χ4n) is 2.51. The third-order valence-corrected chi connectivity index (χ3v) is 3.87. The molecule has 1 amide bonds. The highest BCUT2D eigenvalue weighted by atomic mass is 16.5. The SMILES string of the molecule is Cc1ccc(CNC(=O)CCN(C)C[C@H]2CCCO2)cc1. The second kappa shape index (κ2) is 8.15. The van der Waals surface area contributed by atoms with Gasteiger partial charge < -0.3 is 15.0 Å². The molecule has 0 aliphatic carbocycles. The van der Waals surface area contributed by atoms with Gasteiger partial charge >= 0.3 is 0 Å². The molecule has 4 nitrogen and oxygen atoms in total. The molecule has 0 radical (unpaired) electrons. The third-order valence-electron chi connectivity index (χ3n) is 3.87. The number of hydrogen-bond donors (Lipinski definition) is 1. The van der Waals surface area contributed by atoms with E-state index in [0.717, 1.165) is 38.1 Å². The maximum Gasteiger partial charge on any atom is 0.221 e. The van der Waals surface area contributed by atoms with Crippen molar-refractivity contribution in [3.8, 4) is 0 Å². The molecule has 1 aromatic carbocycles. The predicted molar refractivity (Wildman–Crippen MR) is 84.1 cm³/mol. The number of nitrogens with zero attached hydrogens (tertiary/aromatic N) is 1. The lowest BCUT2D eigenvalue weighted by atomic mass is 10.1. The molecule has 0 unspecified atom stereocenters. The van der Waals surface area contributed by atoms with Gasteiger partial charge in [-0.3, -0.25) is 4.79 Å². The lowest BCUT2D eigenvalue weighted by molar-refractivity contribution is -0.121. The highest BCUT2D eigenvalue weighted by molar-refractivity contribution is 5.76. The Morgan fingerprint density at radius 2 is 2.14 bits per heavy atom. The second-order valence-electron chi connectivity index (χ2n) is 5.91. The van der Waals surface area contributed by atoms with Crippen LogP contribution in [0.3, 0.4) is 0 Å². The van der Waals surface area contributed by atoms with Crippen molar-refractivity contribution in [3.63, 3.8) is 0 Å². The lowest BCUT2D eigenvalue weighted by Gasteiger charge is -2.20. The van der Waals surface area contributed by atoms with E-state index >= 15 is 0 Å². The summed E-state index contributed by atoms with van der Waals surface area (Å²) in [7, 11) is 2.05. The first-order chi connectivity index (χ1) is 10.1. The van der Waals surface area contributed by atoms with Gasteiger partial charge in [-0.25, -0.2) is 0 Å². The summed E-state index contributed by atoms with van der Waals surface area (Å²) < 4.78 is 5.60. The minimum Gasteiger partial charge on any atom is -0.377 e. The van der Waals surface area contributed by atoms with Gasteiger partial charge in [-0.2, -0.15) is 0 Å². The molecule has 0 saturated carbocycles. The van der Waals surface area contributed by atoms with Crippen molar-refractivity contribution >= 4 is 5.91 Å². The number of aryl methyl sites for hydroxylation is 1. The Morgan fingerprint density at radius 1 is 1.38 bits per heavy atom. The number of carbonyl (C=O) groups excluding carboxylic acids is 1. The van der Waals surface area contributed by atoms with Crippen molar-refractivity contribution in [2.45, 2.75) is 38.8 Å². The first-order valence-corrected chi connectivity index (χ1v) is 7.76. The van der Waals surface area contributed by atoms with Gasteiger partial charge in [0.05, 0.1) is 6.10 Å². The summed E-state index contributed by atoms with van der Waals surface area (Å²) in [4.78, 5) is 14.0. The number of ether oxygens (including phenoxy) is 1. The van der Waals surface area contributed by atoms with Crippen molar-refractivity contribution < 1.29 is 9.53 Å². The van der Waals surface area contributed by atoms with E-state index in [-0.39, 0.29) is 5.91 Å². The van der Waals surface area contributed by atoms with Crippen molar-refractivity contribution in [3.05, 3.63) is 35.4 Å². The van der Waals surface area contributed by atoms with Crippen LogP contribution in [0.15, 0.2) is 24.3 Å². The molecule has 116 valence electrons. The van der Waals surface area contributed by atoms with Crippen LogP contribution in [0.5, 0.6) is 0 Å². The summed E-state index contributed by atoms with van der Waals surface area (Å²) in [6.07, 6.45) is 3.19. The molecule has 2 rings (SSSR count). The molecule has 4 heteroatoms. The normalized spacial score (nSPS) is 18.1. The van der Waals surface area contributed by atoms with Gasteiger partial charge in [0.15, 0.2) is 0 Å². The Hall–Kier alpha value is -1.39. The van der Waals surface area contributed by atoms with E-state index in [1.54, 1.807) is 0 Å². The fraction of sp³-hybridized carbons (Fsp3) is 0.588. The lowest BCUT2D eigenvalue weighted by Crippen LogP contribution is -2.33. The highest BCUT2D eigenvalue weighted by Crippen LogP contribution is 2.12. The van der Waals surface area contributed by atoms with E-state index in [9.17, 15) is 4.79 Å². The van der Waals surface area contributed by atoms with E-state index < -0.39 is 0 Å². The Balaban J connectivity index is 1.61. The smallest absolute Gasteiger partial charge is 0.221 e. The highest BCUT2D eigenvalue weighted by Gasteiger charge is 2.17. The van der Waals surface area contributed by atoms with E-state index in [4.69, 9.17) is 4.74 Å². The molecule has 1 atom stereocenters. The van der Waals surface area contributed by atoms with Gasteiger partial charge in [-0.15, -0.1) is 0 Å². The molecule has 1 N–H and O–H groups in total. The minimum absolute atomic E-state index is 0.106. The number of hydrogen-bond acceptors (Lipinski definition) is 3. The number of carbonyl (C=O) groups is 1. The Kier molecular flexibility index (Phi) is 6.21. The van der Waals surface area contributed by atoms with Crippen molar-refractivity contribution in [2.75, 3.05) is 26.7 Å². The summed E-state index contributed by atoms with van der Waals surface area (Å²) in [5.41, 5.74) is 2.38. The number of likely N-dealkylation sites (N-methyl/N-ethyl adjacent to an activating group) is 1. The van der Waals surface area contributed by atoms with Crippen LogP contribution < -0.4 is 5.32 Å². The van der Waals surface area contributed by atoms with Gasteiger partial charge in [-0.05, 0) is 32.4 Å². The molecule has 0 bridgehead atoms. The molecule has 1 saturated heterocycles. The van der Waals surface area contributed by atoms with Gasteiger partial charge in [-0.1, -0.05) is 29.8 Å². The summed E-state index contributed by atoms with van der Waals surface area (Å²) in [5.74, 6) is 0.106. The van der Waals surface area contributed by atoms with Crippen LogP contribution >= 0.6 is 0 Å². The van der Waals surface area contributed by atoms with Crippen LogP contribution in [0.2, 0.25) is 0 Å². The van der Waals surface area contributed by atoms with Crippen molar-refractivity contribution in [2.24, 2.45) is 0 Å². The maximum atomic E-state index is 11.9. The number of amides is 1. The first-order valence-electron chi connectivity index (χ1n) is 7.76. The van der Waals surface area contributed by atoms with Crippen LogP contribution in [0.25, 0.3) is 0 Å². The zero-order valence-corrected chi connectivity index (χ0v) is 13.1. The van der Waals surface area contributed by atoms with E-state index in [1.165, 1.54) is 5.56 Å². The summed E-state index contributed by atoms with van der Waals surface area (Å²) in [6, 6.07) is 8.24. The number of nitrogens with one attached hydrogen (secondary N) is 1. The summed E-state index contributed by atoms with van der Waals surface area (Å²) in [5, 5.41) is 2.97. The van der Waals surface area contributed by atoms with Gasteiger partial charge in [0, 0.05) is 32.7 Å².